The molecule has 3 heterocycles. The minimum absolute atomic E-state index is 0.202. The standard InChI is InChI=1S/C22H23ClN6O2/c23-18-16-6-7-17(29(16)22(31)20(28-18)27-14-2-1-3-14)21(30)26-11-12-4-5-15-13(10-12)8-9-25-19(15)24/h4-5,8-10,14,17H,1-3,6-7,11H2,(H2,24,25)(H,26,30)(H,27,28)/t17-/m0/s1. The Balaban J connectivity index is 1.35. The Morgan fingerprint density at radius 2 is 2.10 bits per heavy atom. The highest BCUT2D eigenvalue weighted by atomic mass is 35.5. The number of carbonyl (C=O) groups excluding carboxylic acids is 1. The molecule has 31 heavy (non-hydrogen) atoms. The van der Waals surface area contributed by atoms with Crippen LogP contribution in [0.3, 0.4) is 0 Å². The van der Waals surface area contributed by atoms with Gasteiger partial charge in [0.15, 0.2) is 11.0 Å². The summed E-state index contributed by atoms with van der Waals surface area (Å²) in [7, 11) is 0. The third kappa shape index (κ3) is 3.61. The second-order valence-electron chi connectivity index (χ2n) is 8.17. The number of fused-ring (bicyclic) bond motifs is 2. The van der Waals surface area contributed by atoms with Crippen LogP contribution in [0.4, 0.5) is 11.6 Å². The number of nitrogens with one attached hydrogen (secondary N) is 2. The average molecular weight is 439 g/mol. The van der Waals surface area contributed by atoms with Gasteiger partial charge in [-0.1, -0.05) is 23.7 Å². The van der Waals surface area contributed by atoms with Crippen molar-refractivity contribution in [1.82, 2.24) is 19.9 Å². The molecule has 1 aliphatic heterocycles. The number of nitrogen functional groups attached to an aromatic ring is 1. The van der Waals surface area contributed by atoms with Gasteiger partial charge in [0, 0.05) is 24.2 Å². The van der Waals surface area contributed by atoms with Crippen LogP contribution in [0, 0.1) is 0 Å². The van der Waals surface area contributed by atoms with Gasteiger partial charge in [0.1, 0.15) is 11.9 Å². The summed E-state index contributed by atoms with van der Waals surface area (Å²) in [6.45, 7) is 0.351. The Bertz CT molecular complexity index is 1240. The summed E-state index contributed by atoms with van der Waals surface area (Å²) in [6, 6.07) is 7.33. The number of benzene rings is 1. The molecule has 1 saturated carbocycles. The van der Waals surface area contributed by atoms with Crippen molar-refractivity contribution in [3.8, 4) is 0 Å². The van der Waals surface area contributed by atoms with Gasteiger partial charge in [0.25, 0.3) is 5.56 Å². The van der Waals surface area contributed by atoms with Gasteiger partial charge in [0.05, 0.1) is 5.69 Å². The number of hydrogen-bond acceptors (Lipinski definition) is 6. The molecule has 9 heteroatoms. The minimum atomic E-state index is -0.592. The van der Waals surface area contributed by atoms with Crippen molar-refractivity contribution in [1.29, 1.82) is 0 Å². The molecule has 0 bridgehead atoms. The monoisotopic (exact) mass is 438 g/mol. The second kappa shape index (κ2) is 7.85. The molecule has 1 atom stereocenters. The molecule has 0 saturated heterocycles. The fourth-order valence-electron chi connectivity index (χ4n) is 4.26. The maximum absolute atomic E-state index is 13.0. The number of anilines is 2. The number of nitrogens with zero attached hydrogens (tertiary/aromatic N) is 3. The molecule has 160 valence electrons. The summed E-state index contributed by atoms with van der Waals surface area (Å²) in [5, 5.41) is 8.27. The van der Waals surface area contributed by atoms with Gasteiger partial charge in [-0.25, -0.2) is 9.97 Å². The zero-order chi connectivity index (χ0) is 21.5. The largest absolute Gasteiger partial charge is 0.383 e. The highest BCUT2D eigenvalue weighted by Gasteiger charge is 2.33. The summed E-state index contributed by atoms with van der Waals surface area (Å²) in [6.07, 6.45) is 5.89. The predicted octanol–water partition coefficient (Wildman–Crippen LogP) is 2.80. The summed E-state index contributed by atoms with van der Waals surface area (Å²) in [5.74, 6) is 0.512. The Hall–Kier alpha value is -3.13. The highest BCUT2D eigenvalue weighted by Crippen LogP contribution is 2.30. The van der Waals surface area contributed by atoms with Gasteiger partial charge in [-0.2, -0.15) is 0 Å². The number of pyridine rings is 1. The van der Waals surface area contributed by atoms with E-state index in [0.717, 1.165) is 35.6 Å². The van der Waals surface area contributed by atoms with Crippen molar-refractivity contribution >= 4 is 39.9 Å². The van der Waals surface area contributed by atoms with E-state index in [9.17, 15) is 9.59 Å². The minimum Gasteiger partial charge on any atom is -0.383 e. The molecule has 1 aromatic carbocycles. The molecule has 8 nitrogen and oxygen atoms in total. The first-order chi connectivity index (χ1) is 15.0. The lowest BCUT2D eigenvalue weighted by atomic mass is 9.93. The fraction of sp³-hybridized carbons (Fsp3) is 0.364. The number of hydrogen-bond donors (Lipinski definition) is 3. The maximum atomic E-state index is 13.0. The average Bonchev–Trinajstić information content (AvgIpc) is 3.18. The molecule has 1 aliphatic carbocycles. The van der Waals surface area contributed by atoms with E-state index >= 15 is 0 Å². The normalized spacial score (nSPS) is 17.9. The molecular weight excluding hydrogens is 416 g/mol. The van der Waals surface area contributed by atoms with E-state index in [0.29, 0.717) is 30.9 Å². The zero-order valence-electron chi connectivity index (χ0n) is 16.9. The summed E-state index contributed by atoms with van der Waals surface area (Å²) in [4.78, 5) is 34.4. The molecule has 0 radical (unpaired) electrons. The van der Waals surface area contributed by atoms with Crippen LogP contribution in [-0.4, -0.2) is 26.5 Å². The molecule has 0 spiro atoms. The van der Waals surface area contributed by atoms with E-state index in [4.69, 9.17) is 17.3 Å². The second-order valence-corrected chi connectivity index (χ2v) is 8.53. The van der Waals surface area contributed by atoms with Gasteiger partial charge in [-0.15, -0.1) is 0 Å². The summed E-state index contributed by atoms with van der Waals surface area (Å²) >= 11 is 6.34. The number of carbonyl (C=O) groups is 1. The Labute approximate surface area is 183 Å². The molecule has 2 aromatic heterocycles. The third-order valence-corrected chi connectivity index (χ3v) is 6.50. The third-order valence-electron chi connectivity index (χ3n) is 6.20. The Morgan fingerprint density at radius 1 is 1.26 bits per heavy atom. The van der Waals surface area contributed by atoms with Crippen LogP contribution in [0.2, 0.25) is 5.15 Å². The predicted molar refractivity (Wildman–Crippen MR) is 120 cm³/mol. The Morgan fingerprint density at radius 3 is 2.87 bits per heavy atom. The molecular formula is C22H23ClN6O2. The number of aromatic nitrogens is 3. The first kappa shape index (κ1) is 19.8. The van der Waals surface area contributed by atoms with Crippen LogP contribution >= 0.6 is 11.6 Å². The summed E-state index contributed by atoms with van der Waals surface area (Å²) in [5.41, 5.74) is 7.19. The molecule has 1 fully saturated rings. The van der Waals surface area contributed by atoms with E-state index in [-0.39, 0.29) is 28.5 Å². The van der Waals surface area contributed by atoms with E-state index in [1.807, 2.05) is 24.3 Å². The molecule has 0 unspecified atom stereocenters. The smallest absolute Gasteiger partial charge is 0.294 e. The van der Waals surface area contributed by atoms with Crippen molar-refractivity contribution in [3.63, 3.8) is 0 Å². The van der Waals surface area contributed by atoms with E-state index in [1.54, 1.807) is 6.20 Å². The maximum Gasteiger partial charge on any atom is 0.294 e. The fourth-order valence-corrected chi connectivity index (χ4v) is 4.53. The molecule has 5 rings (SSSR count). The Kier molecular flexibility index (Phi) is 5.02. The van der Waals surface area contributed by atoms with Crippen molar-refractivity contribution in [2.45, 2.75) is 50.7 Å². The first-order valence-electron chi connectivity index (χ1n) is 10.5. The van der Waals surface area contributed by atoms with Gasteiger partial charge in [-0.3, -0.25) is 14.2 Å². The van der Waals surface area contributed by atoms with Crippen molar-refractivity contribution in [2.75, 3.05) is 11.1 Å². The van der Waals surface area contributed by atoms with Crippen molar-refractivity contribution in [3.05, 3.63) is 57.2 Å². The highest BCUT2D eigenvalue weighted by molar-refractivity contribution is 6.30. The van der Waals surface area contributed by atoms with Crippen LogP contribution < -0.4 is 21.9 Å². The van der Waals surface area contributed by atoms with Crippen LogP contribution in [0.15, 0.2) is 35.3 Å². The number of amides is 1. The lowest BCUT2D eigenvalue weighted by Crippen LogP contribution is -2.38. The molecule has 2 aliphatic rings. The van der Waals surface area contributed by atoms with Gasteiger partial charge in [0.2, 0.25) is 5.91 Å². The lowest BCUT2D eigenvalue weighted by Gasteiger charge is -2.27. The van der Waals surface area contributed by atoms with Gasteiger partial charge >= 0.3 is 0 Å². The molecule has 3 aromatic rings. The molecule has 4 N–H and O–H groups in total. The summed E-state index contributed by atoms with van der Waals surface area (Å²) < 4.78 is 1.51. The first-order valence-corrected chi connectivity index (χ1v) is 10.9. The van der Waals surface area contributed by atoms with Crippen LogP contribution in [0.1, 0.15) is 43.0 Å². The lowest BCUT2D eigenvalue weighted by molar-refractivity contribution is -0.124. The van der Waals surface area contributed by atoms with Gasteiger partial charge < -0.3 is 16.4 Å². The van der Waals surface area contributed by atoms with E-state index in [2.05, 4.69) is 20.6 Å². The zero-order valence-corrected chi connectivity index (χ0v) is 17.7. The van der Waals surface area contributed by atoms with Crippen molar-refractivity contribution in [2.24, 2.45) is 0 Å². The van der Waals surface area contributed by atoms with Gasteiger partial charge in [-0.05, 0) is 55.2 Å². The number of halogens is 1. The number of nitrogens with two attached hydrogens (primary N) is 1. The van der Waals surface area contributed by atoms with Crippen LogP contribution in [0.25, 0.3) is 10.8 Å². The topological polar surface area (TPSA) is 115 Å². The van der Waals surface area contributed by atoms with E-state index in [1.165, 1.54) is 4.57 Å². The van der Waals surface area contributed by atoms with Crippen molar-refractivity contribution < 1.29 is 4.79 Å². The number of rotatable bonds is 5. The van der Waals surface area contributed by atoms with E-state index < -0.39 is 6.04 Å². The van der Waals surface area contributed by atoms with Crippen LogP contribution in [0.5, 0.6) is 0 Å². The van der Waals surface area contributed by atoms with Crippen LogP contribution in [-0.2, 0) is 17.8 Å². The SMILES string of the molecule is Nc1nccc2cc(CNC(=O)[C@@H]3CCc4c(Cl)nc(NC5CCC5)c(=O)n43)ccc12. The molecule has 1 amide bonds. The quantitative estimate of drug-likeness (QED) is 0.564.